The van der Waals surface area contributed by atoms with Crippen LogP contribution in [0, 0.1) is 5.41 Å². The summed E-state index contributed by atoms with van der Waals surface area (Å²) in [5.74, 6) is -0.694. The van der Waals surface area contributed by atoms with E-state index in [0.717, 1.165) is 44.9 Å². The summed E-state index contributed by atoms with van der Waals surface area (Å²) in [4.78, 5) is 24.1. The van der Waals surface area contributed by atoms with E-state index in [2.05, 4.69) is 6.92 Å². The van der Waals surface area contributed by atoms with Crippen LogP contribution < -0.4 is 0 Å². The quantitative estimate of drug-likeness (QED) is 0.764. The predicted molar refractivity (Wildman–Crippen MR) is 63.5 cm³/mol. The van der Waals surface area contributed by atoms with Gasteiger partial charge in [0.25, 0.3) is 0 Å². The van der Waals surface area contributed by atoms with Crippen molar-refractivity contribution in [1.82, 2.24) is 4.90 Å². The van der Waals surface area contributed by atoms with Crippen molar-refractivity contribution >= 4 is 12.4 Å². The molecular weight excluding hydrogens is 218 g/mol. The average Bonchev–Trinajstić information content (AvgIpc) is 2.27. The zero-order chi connectivity index (χ0) is 12.5. The number of aliphatic carboxylic acids is 1. The first-order valence-electron chi connectivity index (χ1n) is 6.55. The fourth-order valence-electron chi connectivity index (χ4n) is 3.84. The SMILES string of the molecule is CCC1CC2(CC(=O)O)CCCC(C2)N1C=O. The minimum absolute atomic E-state index is 0.0467. The summed E-state index contributed by atoms with van der Waals surface area (Å²) < 4.78 is 0. The Hall–Kier alpha value is -1.06. The monoisotopic (exact) mass is 239 g/mol. The van der Waals surface area contributed by atoms with Crippen molar-refractivity contribution in [3.8, 4) is 0 Å². The molecule has 0 spiro atoms. The van der Waals surface area contributed by atoms with Crippen LogP contribution in [0.15, 0.2) is 0 Å². The molecule has 4 nitrogen and oxygen atoms in total. The van der Waals surface area contributed by atoms with Crippen LogP contribution in [0.3, 0.4) is 0 Å². The number of hydrogen-bond acceptors (Lipinski definition) is 2. The number of fused-ring (bicyclic) bond motifs is 2. The molecule has 17 heavy (non-hydrogen) atoms. The highest BCUT2D eigenvalue weighted by molar-refractivity contribution is 5.68. The molecule has 3 atom stereocenters. The number of nitrogens with zero attached hydrogens (tertiary/aromatic N) is 1. The Morgan fingerprint density at radius 1 is 1.53 bits per heavy atom. The second kappa shape index (κ2) is 4.67. The highest BCUT2D eigenvalue weighted by Crippen LogP contribution is 2.49. The summed E-state index contributed by atoms with van der Waals surface area (Å²) in [6.45, 7) is 2.08. The van der Waals surface area contributed by atoms with Crippen molar-refractivity contribution in [3.05, 3.63) is 0 Å². The Morgan fingerprint density at radius 2 is 2.29 bits per heavy atom. The van der Waals surface area contributed by atoms with Gasteiger partial charge in [0.05, 0.1) is 6.42 Å². The Balaban J connectivity index is 2.19. The van der Waals surface area contributed by atoms with Crippen LogP contribution in [0.4, 0.5) is 0 Å². The number of piperidine rings is 1. The third-order valence-electron chi connectivity index (χ3n) is 4.54. The van der Waals surface area contributed by atoms with E-state index in [1.54, 1.807) is 0 Å². The van der Waals surface area contributed by atoms with Gasteiger partial charge >= 0.3 is 5.97 Å². The Kier molecular flexibility index (Phi) is 3.40. The van der Waals surface area contributed by atoms with Gasteiger partial charge in [0.2, 0.25) is 6.41 Å². The van der Waals surface area contributed by atoms with Gasteiger partial charge in [-0.05, 0) is 37.5 Å². The third kappa shape index (κ3) is 2.31. The molecule has 3 unspecified atom stereocenters. The van der Waals surface area contributed by atoms with Crippen molar-refractivity contribution < 1.29 is 14.7 Å². The van der Waals surface area contributed by atoms with E-state index in [9.17, 15) is 9.59 Å². The van der Waals surface area contributed by atoms with E-state index in [4.69, 9.17) is 5.11 Å². The van der Waals surface area contributed by atoms with Crippen LogP contribution in [0.2, 0.25) is 0 Å². The second-order valence-corrected chi connectivity index (χ2v) is 5.64. The largest absolute Gasteiger partial charge is 0.481 e. The van der Waals surface area contributed by atoms with Crippen molar-refractivity contribution in [3.63, 3.8) is 0 Å². The molecule has 1 heterocycles. The maximum absolute atomic E-state index is 11.2. The predicted octanol–water partition coefficient (Wildman–Crippen LogP) is 2.03. The number of carbonyl (C=O) groups is 2. The van der Waals surface area contributed by atoms with Gasteiger partial charge in [-0.1, -0.05) is 13.3 Å². The summed E-state index contributed by atoms with van der Waals surface area (Å²) >= 11 is 0. The van der Waals surface area contributed by atoms with Gasteiger partial charge in [-0.3, -0.25) is 9.59 Å². The Morgan fingerprint density at radius 3 is 2.88 bits per heavy atom. The van der Waals surface area contributed by atoms with E-state index >= 15 is 0 Å². The standard InChI is InChI=1S/C13H21NO3/c1-2-10-6-13(8-12(16)17)5-3-4-11(7-13)14(10)9-15/h9-11H,2-8H2,1H3,(H,16,17). The highest BCUT2D eigenvalue weighted by atomic mass is 16.4. The molecule has 0 aromatic carbocycles. The first-order valence-corrected chi connectivity index (χ1v) is 6.55. The lowest BCUT2D eigenvalue weighted by Gasteiger charge is -2.52. The molecule has 0 aromatic heterocycles. The van der Waals surface area contributed by atoms with E-state index in [0.29, 0.717) is 0 Å². The van der Waals surface area contributed by atoms with Crippen LogP contribution in [0.25, 0.3) is 0 Å². The van der Waals surface area contributed by atoms with Crippen LogP contribution in [0.1, 0.15) is 51.9 Å². The fourth-order valence-corrected chi connectivity index (χ4v) is 3.84. The van der Waals surface area contributed by atoms with Gasteiger partial charge in [-0.25, -0.2) is 0 Å². The number of rotatable bonds is 4. The molecule has 96 valence electrons. The Bertz CT molecular complexity index is 316. The van der Waals surface area contributed by atoms with E-state index < -0.39 is 5.97 Å². The smallest absolute Gasteiger partial charge is 0.303 e. The van der Waals surface area contributed by atoms with Gasteiger partial charge in [-0.15, -0.1) is 0 Å². The van der Waals surface area contributed by atoms with Crippen LogP contribution in [0.5, 0.6) is 0 Å². The summed E-state index contributed by atoms with van der Waals surface area (Å²) in [7, 11) is 0. The van der Waals surface area contributed by atoms with Crippen molar-refractivity contribution in [2.24, 2.45) is 5.41 Å². The third-order valence-corrected chi connectivity index (χ3v) is 4.54. The maximum atomic E-state index is 11.2. The fraction of sp³-hybridized carbons (Fsp3) is 0.846. The number of amides is 1. The van der Waals surface area contributed by atoms with Gasteiger partial charge in [0.1, 0.15) is 0 Å². The molecule has 1 saturated heterocycles. The summed E-state index contributed by atoms with van der Waals surface area (Å²) in [5.41, 5.74) is -0.0467. The molecule has 2 fully saturated rings. The van der Waals surface area contributed by atoms with Gasteiger partial charge in [-0.2, -0.15) is 0 Å². The summed E-state index contributed by atoms with van der Waals surface area (Å²) in [6, 6.07) is 0.519. The maximum Gasteiger partial charge on any atom is 0.303 e. The Labute approximate surface area is 102 Å². The minimum atomic E-state index is -0.694. The van der Waals surface area contributed by atoms with Gasteiger partial charge in [0.15, 0.2) is 0 Å². The molecule has 2 bridgehead atoms. The van der Waals surface area contributed by atoms with Gasteiger partial charge in [0, 0.05) is 12.1 Å². The van der Waals surface area contributed by atoms with Crippen molar-refractivity contribution in [2.75, 3.05) is 0 Å². The first-order chi connectivity index (χ1) is 8.10. The second-order valence-electron chi connectivity index (χ2n) is 5.64. The molecular formula is C13H21NO3. The molecule has 0 aromatic rings. The summed E-state index contributed by atoms with van der Waals surface area (Å²) in [6.07, 6.45) is 7.02. The molecule has 1 saturated carbocycles. The molecule has 1 N–H and O–H groups in total. The van der Waals surface area contributed by atoms with E-state index in [1.807, 2.05) is 4.90 Å². The number of carboxylic acids is 1. The number of likely N-dealkylation sites (tertiary alicyclic amines) is 1. The lowest BCUT2D eigenvalue weighted by molar-refractivity contribution is -0.145. The van der Waals surface area contributed by atoms with E-state index in [1.165, 1.54) is 0 Å². The van der Waals surface area contributed by atoms with Crippen LogP contribution in [-0.2, 0) is 9.59 Å². The lowest BCUT2D eigenvalue weighted by atomic mass is 9.63. The molecule has 2 aliphatic rings. The average molecular weight is 239 g/mol. The van der Waals surface area contributed by atoms with Crippen molar-refractivity contribution in [2.45, 2.75) is 64.0 Å². The number of hydrogen-bond donors (Lipinski definition) is 1. The minimum Gasteiger partial charge on any atom is -0.481 e. The topological polar surface area (TPSA) is 57.6 Å². The summed E-state index contributed by atoms with van der Waals surface area (Å²) in [5, 5.41) is 9.07. The normalized spacial score (nSPS) is 36.6. The molecule has 1 aliphatic heterocycles. The van der Waals surface area contributed by atoms with Crippen LogP contribution >= 0.6 is 0 Å². The molecule has 4 heteroatoms. The zero-order valence-corrected chi connectivity index (χ0v) is 10.4. The van der Waals surface area contributed by atoms with Crippen LogP contribution in [-0.4, -0.2) is 34.5 Å². The number of carboxylic acid groups (broad SMARTS) is 1. The highest BCUT2D eigenvalue weighted by Gasteiger charge is 2.46. The molecule has 2 rings (SSSR count). The van der Waals surface area contributed by atoms with Crippen molar-refractivity contribution in [1.29, 1.82) is 0 Å². The lowest BCUT2D eigenvalue weighted by Crippen LogP contribution is -2.54. The van der Waals surface area contributed by atoms with Gasteiger partial charge < -0.3 is 10.0 Å². The number of carbonyl (C=O) groups excluding carboxylic acids is 1. The van der Waals surface area contributed by atoms with E-state index in [-0.39, 0.29) is 23.9 Å². The molecule has 0 radical (unpaired) electrons. The molecule has 1 aliphatic carbocycles. The first kappa shape index (κ1) is 12.4. The zero-order valence-electron chi connectivity index (χ0n) is 10.4. The molecule has 1 amide bonds.